The minimum atomic E-state index is -0.267. The van der Waals surface area contributed by atoms with E-state index in [1.165, 1.54) is 18.2 Å². The van der Waals surface area contributed by atoms with Crippen LogP contribution in [0.5, 0.6) is 0 Å². The summed E-state index contributed by atoms with van der Waals surface area (Å²) >= 11 is 0. The molecule has 0 heterocycles. The van der Waals surface area contributed by atoms with E-state index in [1.54, 1.807) is 0 Å². The van der Waals surface area contributed by atoms with Gasteiger partial charge in [-0.25, -0.2) is 0 Å². The molecule has 0 aliphatic heterocycles. The number of rotatable bonds is 8. The van der Waals surface area contributed by atoms with E-state index in [2.05, 4.69) is 15.4 Å². The summed E-state index contributed by atoms with van der Waals surface area (Å²) in [6, 6.07) is 6.18. The molecule has 0 aromatic heterocycles. The van der Waals surface area contributed by atoms with Crippen LogP contribution in [0.1, 0.15) is 29.5 Å². The summed E-state index contributed by atoms with van der Waals surface area (Å²) in [5.41, 5.74) is 3.38. The standard InChI is InChI=1S/C17H22N2O4/c1-23-17(22)3-2-6-18-16(21)8-12-4-5-13-9-15(19-11-20)10-14(13)7-12/h4-5,7,11,15H,2-3,6,8-10H2,1H3,(H,18,21)(H,19,20). The number of carbonyl (C=O) groups excluding carboxylic acids is 3. The zero-order valence-electron chi connectivity index (χ0n) is 13.3. The van der Waals surface area contributed by atoms with Crippen LogP contribution in [0.25, 0.3) is 0 Å². The Kier molecular flexibility index (Phi) is 6.14. The Balaban J connectivity index is 1.78. The minimum Gasteiger partial charge on any atom is -0.469 e. The summed E-state index contributed by atoms with van der Waals surface area (Å²) in [5.74, 6) is -0.327. The van der Waals surface area contributed by atoms with Crippen LogP contribution in [0, 0.1) is 0 Å². The average Bonchev–Trinajstić information content (AvgIpc) is 2.93. The largest absolute Gasteiger partial charge is 0.469 e. The molecule has 23 heavy (non-hydrogen) atoms. The van der Waals surface area contributed by atoms with Crippen LogP contribution >= 0.6 is 0 Å². The van der Waals surface area contributed by atoms with Crippen LogP contribution in [0.15, 0.2) is 18.2 Å². The molecule has 0 saturated carbocycles. The average molecular weight is 318 g/mol. The molecule has 2 rings (SSSR count). The Morgan fingerprint density at radius 2 is 2.09 bits per heavy atom. The van der Waals surface area contributed by atoms with Crippen molar-refractivity contribution in [2.45, 2.75) is 38.1 Å². The summed E-state index contributed by atoms with van der Waals surface area (Å²) < 4.78 is 4.54. The first-order valence-electron chi connectivity index (χ1n) is 7.76. The fraction of sp³-hybridized carbons (Fsp3) is 0.471. The van der Waals surface area contributed by atoms with Crippen LogP contribution in [0.3, 0.4) is 0 Å². The van der Waals surface area contributed by atoms with Crippen molar-refractivity contribution in [1.29, 1.82) is 0 Å². The van der Waals surface area contributed by atoms with Gasteiger partial charge in [0.05, 0.1) is 13.5 Å². The predicted molar refractivity (Wildman–Crippen MR) is 84.8 cm³/mol. The van der Waals surface area contributed by atoms with Gasteiger partial charge in [0.2, 0.25) is 12.3 Å². The van der Waals surface area contributed by atoms with Crippen molar-refractivity contribution in [2.24, 2.45) is 0 Å². The van der Waals surface area contributed by atoms with Crippen LogP contribution in [-0.4, -0.2) is 38.0 Å². The normalized spacial score (nSPS) is 15.6. The molecule has 2 amide bonds. The van der Waals surface area contributed by atoms with E-state index in [4.69, 9.17) is 0 Å². The highest BCUT2D eigenvalue weighted by Gasteiger charge is 2.21. The number of ether oxygens (including phenoxy) is 1. The summed E-state index contributed by atoms with van der Waals surface area (Å²) in [6.07, 6.45) is 3.58. The maximum Gasteiger partial charge on any atom is 0.305 e. The highest BCUT2D eigenvalue weighted by Crippen LogP contribution is 2.23. The van der Waals surface area contributed by atoms with Crippen molar-refractivity contribution in [2.75, 3.05) is 13.7 Å². The van der Waals surface area contributed by atoms with E-state index in [-0.39, 0.29) is 17.9 Å². The van der Waals surface area contributed by atoms with Crippen molar-refractivity contribution in [3.8, 4) is 0 Å². The van der Waals surface area contributed by atoms with Crippen molar-refractivity contribution in [1.82, 2.24) is 10.6 Å². The molecule has 1 aromatic rings. The lowest BCUT2D eigenvalue weighted by Crippen LogP contribution is -2.27. The first-order valence-corrected chi connectivity index (χ1v) is 7.76. The van der Waals surface area contributed by atoms with Gasteiger partial charge in [-0.05, 0) is 36.0 Å². The Morgan fingerprint density at radius 3 is 2.83 bits per heavy atom. The van der Waals surface area contributed by atoms with Gasteiger partial charge in [-0.1, -0.05) is 18.2 Å². The van der Waals surface area contributed by atoms with Crippen LogP contribution in [0.4, 0.5) is 0 Å². The van der Waals surface area contributed by atoms with E-state index < -0.39 is 0 Å². The first kappa shape index (κ1) is 17.0. The van der Waals surface area contributed by atoms with Crippen molar-refractivity contribution >= 4 is 18.3 Å². The van der Waals surface area contributed by atoms with Gasteiger partial charge >= 0.3 is 5.97 Å². The number of hydrogen-bond donors (Lipinski definition) is 2. The molecule has 0 spiro atoms. The maximum absolute atomic E-state index is 11.9. The molecule has 1 atom stereocenters. The molecule has 6 heteroatoms. The van der Waals surface area contributed by atoms with Gasteiger partial charge in [0.25, 0.3) is 0 Å². The Bertz CT molecular complexity index is 586. The number of methoxy groups -OCH3 is 1. The second-order valence-electron chi connectivity index (χ2n) is 5.70. The quantitative estimate of drug-likeness (QED) is 0.415. The minimum absolute atomic E-state index is 0.0598. The highest BCUT2D eigenvalue weighted by atomic mass is 16.5. The molecule has 0 saturated heterocycles. The van der Waals surface area contributed by atoms with E-state index in [0.717, 1.165) is 24.8 Å². The summed E-state index contributed by atoms with van der Waals surface area (Å²) in [6.45, 7) is 0.463. The molecule has 0 radical (unpaired) electrons. The molecule has 1 aliphatic carbocycles. The van der Waals surface area contributed by atoms with Crippen molar-refractivity contribution in [3.05, 3.63) is 34.9 Å². The third-order valence-corrected chi connectivity index (χ3v) is 3.98. The first-order chi connectivity index (χ1) is 11.1. The smallest absolute Gasteiger partial charge is 0.305 e. The number of carbonyl (C=O) groups is 3. The molecule has 0 bridgehead atoms. The lowest BCUT2D eigenvalue weighted by Gasteiger charge is -2.07. The molecule has 6 nitrogen and oxygen atoms in total. The summed E-state index contributed by atoms with van der Waals surface area (Å²) in [5, 5.41) is 5.60. The summed E-state index contributed by atoms with van der Waals surface area (Å²) in [7, 11) is 1.35. The van der Waals surface area contributed by atoms with Gasteiger partial charge in [0, 0.05) is 19.0 Å². The van der Waals surface area contributed by atoms with Crippen LogP contribution < -0.4 is 10.6 Å². The lowest BCUT2D eigenvalue weighted by atomic mass is 10.0. The van der Waals surface area contributed by atoms with E-state index >= 15 is 0 Å². The van der Waals surface area contributed by atoms with Crippen LogP contribution in [0.2, 0.25) is 0 Å². The van der Waals surface area contributed by atoms with E-state index in [9.17, 15) is 14.4 Å². The zero-order valence-corrected chi connectivity index (χ0v) is 13.3. The molecular formula is C17H22N2O4. The molecule has 1 unspecified atom stereocenters. The molecule has 124 valence electrons. The highest BCUT2D eigenvalue weighted by molar-refractivity contribution is 5.78. The Morgan fingerprint density at radius 1 is 1.30 bits per heavy atom. The number of hydrogen-bond acceptors (Lipinski definition) is 4. The van der Waals surface area contributed by atoms with E-state index in [0.29, 0.717) is 25.8 Å². The van der Waals surface area contributed by atoms with Gasteiger partial charge in [-0.15, -0.1) is 0 Å². The molecular weight excluding hydrogens is 296 g/mol. The monoisotopic (exact) mass is 318 g/mol. The SMILES string of the molecule is COC(=O)CCCNC(=O)Cc1ccc2c(c1)CC(NC=O)C2. The molecule has 1 aliphatic rings. The third kappa shape index (κ3) is 5.09. The lowest BCUT2D eigenvalue weighted by molar-refractivity contribution is -0.140. The predicted octanol–water partition coefficient (Wildman–Crippen LogP) is 0.512. The van der Waals surface area contributed by atoms with Crippen molar-refractivity contribution < 1.29 is 19.1 Å². The summed E-state index contributed by atoms with van der Waals surface area (Å²) in [4.78, 5) is 33.4. The zero-order chi connectivity index (χ0) is 16.7. The third-order valence-electron chi connectivity index (χ3n) is 3.98. The fourth-order valence-corrected chi connectivity index (χ4v) is 2.81. The number of benzene rings is 1. The van der Waals surface area contributed by atoms with E-state index in [1.807, 2.05) is 18.2 Å². The number of esters is 1. The Labute approximate surface area is 135 Å². The fourth-order valence-electron chi connectivity index (χ4n) is 2.81. The van der Waals surface area contributed by atoms with Gasteiger partial charge in [-0.2, -0.15) is 0 Å². The maximum atomic E-state index is 11.9. The topological polar surface area (TPSA) is 84.5 Å². The molecule has 2 N–H and O–H groups in total. The number of fused-ring (bicyclic) bond motifs is 1. The Hall–Kier alpha value is -2.37. The van der Waals surface area contributed by atoms with Gasteiger partial charge in [0.1, 0.15) is 0 Å². The molecule has 0 fully saturated rings. The second-order valence-corrected chi connectivity index (χ2v) is 5.70. The van der Waals surface area contributed by atoms with Gasteiger partial charge < -0.3 is 15.4 Å². The number of amides is 2. The number of nitrogens with one attached hydrogen (secondary N) is 2. The van der Waals surface area contributed by atoms with Gasteiger partial charge in [-0.3, -0.25) is 14.4 Å². The molecule has 1 aromatic carbocycles. The van der Waals surface area contributed by atoms with Crippen molar-refractivity contribution in [3.63, 3.8) is 0 Å². The van der Waals surface area contributed by atoms with Crippen LogP contribution in [-0.2, 0) is 38.4 Å². The second kappa shape index (κ2) is 8.31. The van der Waals surface area contributed by atoms with Gasteiger partial charge in [0.15, 0.2) is 0 Å².